The minimum atomic E-state index is -4.31. The molecule has 0 bridgehead atoms. The van der Waals surface area contributed by atoms with Crippen molar-refractivity contribution in [1.82, 2.24) is 4.90 Å². The van der Waals surface area contributed by atoms with Crippen molar-refractivity contribution in [3.8, 4) is 6.07 Å². The van der Waals surface area contributed by atoms with Gasteiger partial charge in [-0.25, -0.2) is 0 Å². The molecule has 120 valence electrons. The predicted molar refractivity (Wildman–Crippen MR) is 72.6 cm³/mol. The first-order valence-corrected chi connectivity index (χ1v) is 7.63. The molecule has 2 aliphatic rings. The van der Waals surface area contributed by atoms with Gasteiger partial charge in [-0.1, -0.05) is 0 Å². The number of alkyl halides is 3. The van der Waals surface area contributed by atoms with E-state index in [0.717, 1.165) is 25.7 Å². The van der Waals surface area contributed by atoms with Crippen molar-refractivity contribution in [2.75, 3.05) is 13.1 Å². The lowest BCUT2D eigenvalue weighted by Crippen LogP contribution is -2.72. The van der Waals surface area contributed by atoms with Gasteiger partial charge in [0.2, 0.25) is 0 Å². The summed E-state index contributed by atoms with van der Waals surface area (Å²) in [5.41, 5.74) is -1.98. The molecular formula is C15H23F3N2O. The van der Waals surface area contributed by atoms with E-state index in [-0.39, 0.29) is 19.1 Å². The van der Waals surface area contributed by atoms with Gasteiger partial charge in [0.05, 0.1) is 12.2 Å². The average molecular weight is 304 g/mol. The fourth-order valence-corrected chi connectivity index (χ4v) is 3.48. The molecule has 21 heavy (non-hydrogen) atoms. The molecule has 0 atom stereocenters. The van der Waals surface area contributed by atoms with Gasteiger partial charge in [0.15, 0.2) is 5.60 Å². The summed E-state index contributed by atoms with van der Waals surface area (Å²) in [7, 11) is 0. The summed E-state index contributed by atoms with van der Waals surface area (Å²) in [5, 5.41) is 8.69. The maximum atomic E-state index is 13.2. The Balaban J connectivity index is 1.88. The molecule has 3 nitrogen and oxygen atoms in total. The number of hydrogen-bond acceptors (Lipinski definition) is 3. The van der Waals surface area contributed by atoms with Gasteiger partial charge in [-0.3, -0.25) is 4.90 Å². The van der Waals surface area contributed by atoms with Gasteiger partial charge >= 0.3 is 6.18 Å². The summed E-state index contributed by atoms with van der Waals surface area (Å²) >= 11 is 0. The minimum Gasteiger partial charge on any atom is -0.360 e. The standard InChI is InChI=1S/C15H23F3N2O/c1-11(2)21-14(15(16,17)18)9-20(10-14)13-5-3-12(4-6-13)7-8-19/h11-13H,3-7,9-10H2,1-2H3. The molecule has 0 aromatic rings. The maximum absolute atomic E-state index is 13.2. The van der Waals surface area contributed by atoms with Crippen LogP contribution in [0.2, 0.25) is 0 Å². The highest BCUT2D eigenvalue weighted by Crippen LogP contribution is 2.44. The van der Waals surface area contributed by atoms with E-state index in [1.807, 2.05) is 4.90 Å². The van der Waals surface area contributed by atoms with E-state index in [2.05, 4.69) is 6.07 Å². The van der Waals surface area contributed by atoms with Crippen molar-refractivity contribution in [3.05, 3.63) is 0 Å². The summed E-state index contributed by atoms with van der Waals surface area (Å²) < 4.78 is 44.9. The van der Waals surface area contributed by atoms with E-state index >= 15 is 0 Å². The number of likely N-dealkylation sites (tertiary alicyclic amines) is 1. The number of nitriles is 1. The lowest BCUT2D eigenvalue weighted by atomic mass is 9.80. The van der Waals surface area contributed by atoms with Crippen LogP contribution in [0.25, 0.3) is 0 Å². The number of ether oxygens (including phenoxy) is 1. The number of nitrogens with zero attached hydrogens (tertiary/aromatic N) is 2. The Kier molecular flexibility index (Phi) is 4.84. The molecule has 0 aromatic carbocycles. The van der Waals surface area contributed by atoms with Gasteiger partial charge in [0.1, 0.15) is 0 Å². The van der Waals surface area contributed by atoms with Gasteiger partial charge < -0.3 is 4.74 Å². The third kappa shape index (κ3) is 3.51. The highest BCUT2D eigenvalue weighted by Gasteiger charge is 2.64. The van der Waals surface area contributed by atoms with Crippen LogP contribution in [0, 0.1) is 17.2 Å². The Labute approximate surface area is 124 Å². The molecular weight excluding hydrogens is 281 g/mol. The van der Waals surface area contributed by atoms with E-state index in [1.165, 1.54) is 0 Å². The van der Waals surface area contributed by atoms with Crippen molar-refractivity contribution in [2.24, 2.45) is 5.92 Å². The number of halogens is 3. The van der Waals surface area contributed by atoms with Gasteiger partial charge in [-0.2, -0.15) is 18.4 Å². The van der Waals surface area contributed by atoms with Crippen molar-refractivity contribution in [2.45, 2.75) is 69.9 Å². The van der Waals surface area contributed by atoms with E-state index in [0.29, 0.717) is 12.3 Å². The first kappa shape index (κ1) is 16.6. The first-order chi connectivity index (χ1) is 9.77. The second-order valence-corrected chi connectivity index (χ2v) is 6.60. The van der Waals surface area contributed by atoms with Gasteiger partial charge in [-0.15, -0.1) is 0 Å². The Morgan fingerprint density at radius 3 is 2.24 bits per heavy atom. The van der Waals surface area contributed by atoms with Crippen LogP contribution in [0.5, 0.6) is 0 Å². The Morgan fingerprint density at radius 1 is 1.24 bits per heavy atom. The lowest BCUT2D eigenvalue weighted by Gasteiger charge is -2.54. The fraction of sp³-hybridized carbons (Fsp3) is 0.933. The van der Waals surface area contributed by atoms with Crippen LogP contribution in [0.3, 0.4) is 0 Å². The molecule has 2 rings (SSSR count). The van der Waals surface area contributed by atoms with Crippen molar-refractivity contribution >= 4 is 0 Å². The monoisotopic (exact) mass is 304 g/mol. The van der Waals surface area contributed by atoms with Gasteiger partial charge in [-0.05, 0) is 45.4 Å². The van der Waals surface area contributed by atoms with Crippen LogP contribution in [-0.2, 0) is 4.74 Å². The number of rotatable bonds is 4. The normalized spacial score (nSPS) is 30.0. The second kappa shape index (κ2) is 6.13. The zero-order valence-electron chi connectivity index (χ0n) is 12.6. The minimum absolute atomic E-state index is 0.0533. The van der Waals surface area contributed by atoms with E-state index in [1.54, 1.807) is 13.8 Å². The summed E-state index contributed by atoms with van der Waals surface area (Å²) in [4.78, 5) is 1.90. The molecule has 1 aliphatic heterocycles. The zero-order valence-corrected chi connectivity index (χ0v) is 12.6. The number of hydrogen-bond donors (Lipinski definition) is 0. The summed E-state index contributed by atoms with van der Waals surface area (Å²) in [6.45, 7) is 3.18. The summed E-state index contributed by atoms with van der Waals surface area (Å²) in [5.74, 6) is 0.423. The van der Waals surface area contributed by atoms with Gasteiger partial charge in [0, 0.05) is 25.6 Å². The molecule has 2 fully saturated rings. The van der Waals surface area contributed by atoms with E-state index in [4.69, 9.17) is 10.00 Å². The predicted octanol–water partition coefficient (Wildman–Crippen LogP) is 3.50. The highest BCUT2D eigenvalue weighted by molar-refractivity contribution is 5.05. The molecule has 0 N–H and O–H groups in total. The molecule has 0 aromatic heterocycles. The first-order valence-electron chi connectivity index (χ1n) is 7.63. The van der Waals surface area contributed by atoms with E-state index < -0.39 is 17.9 Å². The topological polar surface area (TPSA) is 36.3 Å². The van der Waals surface area contributed by atoms with E-state index in [9.17, 15) is 13.2 Å². The molecule has 6 heteroatoms. The Hall–Kier alpha value is -0.800. The summed E-state index contributed by atoms with van der Waals surface area (Å²) in [6, 6.07) is 2.40. The molecule has 1 saturated carbocycles. The van der Waals surface area contributed by atoms with Crippen LogP contribution >= 0.6 is 0 Å². The molecule has 1 aliphatic carbocycles. The molecule has 0 unspecified atom stereocenters. The zero-order chi connectivity index (χ0) is 15.7. The Bertz CT molecular complexity index is 389. The van der Waals surface area contributed by atoms with Crippen LogP contribution in [0.1, 0.15) is 46.0 Å². The van der Waals surface area contributed by atoms with Crippen LogP contribution in [-0.4, -0.2) is 41.9 Å². The molecule has 0 radical (unpaired) electrons. The highest BCUT2D eigenvalue weighted by atomic mass is 19.4. The lowest BCUT2D eigenvalue weighted by molar-refractivity contribution is -0.332. The molecule has 1 heterocycles. The molecule has 0 amide bonds. The summed E-state index contributed by atoms with van der Waals surface area (Å²) in [6.07, 6.45) is -0.511. The molecule has 1 saturated heterocycles. The van der Waals surface area contributed by atoms with Crippen molar-refractivity contribution < 1.29 is 17.9 Å². The third-order valence-corrected chi connectivity index (χ3v) is 4.61. The van der Waals surface area contributed by atoms with Crippen LogP contribution in [0.4, 0.5) is 13.2 Å². The van der Waals surface area contributed by atoms with Gasteiger partial charge in [0.25, 0.3) is 0 Å². The van der Waals surface area contributed by atoms with Crippen LogP contribution < -0.4 is 0 Å². The third-order valence-electron chi connectivity index (χ3n) is 4.61. The van der Waals surface area contributed by atoms with Crippen molar-refractivity contribution in [1.29, 1.82) is 5.26 Å². The fourth-order valence-electron chi connectivity index (χ4n) is 3.48. The van der Waals surface area contributed by atoms with Crippen LogP contribution in [0.15, 0.2) is 0 Å². The SMILES string of the molecule is CC(C)OC1(C(F)(F)F)CN(C2CCC(CC#N)CC2)C1. The maximum Gasteiger partial charge on any atom is 0.419 e. The average Bonchev–Trinajstić information content (AvgIpc) is 2.33. The smallest absolute Gasteiger partial charge is 0.360 e. The molecule has 0 spiro atoms. The quantitative estimate of drug-likeness (QED) is 0.797. The largest absolute Gasteiger partial charge is 0.419 e. The van der Waals surface area contributed by atoms with Crippen molar-refractivity contribution in [3.63, 3.8) is 0 Å². The Morgan fingerprint density at radius 2 is 1.81 bits per heavy atom. The second-order valence-electron chi connectivity index (χ2n) is 6.60.